The molecule has 40 heavy (non-hydrogen) atoms. The molecule has 0 N–H and O–H groups in total. The highest BCUT2D eigenvalue weighted by atomic mass is 16.5. The van der Waals surface area contributed by atoms with E-state index in [1.165, 1.54) is 0 Å². The average Bonchev–Trinajstić information content (AvgIpc) is 2.96. The summed E-state index contributed by atoms with van der Waals surface area (Å²) in [6.45, 7) is 7.19. The lowest BCUT2D eigenvalue weighted by molar-refractivity contribution is 0.242. The van der Waals surface area contributed by atoms with Crippen molar-refractivity contribution in [2.75, 3.05) is 34.9 Å². The molecule has 1 unspecified atom stereocenters. The summed E-state index contributed by atoms with van der Waals surface area (Å²) in [5.74, 6) is 3.55. The molecule has 0 aliphatic heterocycles. The Morgan fingerprint density at radius 3 is 2.20 bits per heavy atom. The van der Waals surface area contributed by atoms with Crippen LogP contribution in [0.25, 0.3) is 10.9 Å². The highest BCUT2D eigenvalue weighted by molar-refractivity contribution is 5.79. The maximum absolute atomic E-state index is 13.9. The van der Waals surface area contributed by atoms with Crippen molar-refractivity contribution in [3.05, 3.63) is 88.0 Å². The van der Waals surface area contributed by atoms with Crippen molar-refractivity contribution >= 4 is 10.9 Å². The van der Waals surface area contributed by atoms with Gasteiger partial charge in [-0.2, -0.15) is 0 Å². The van der Waals surface area contributed by atoms with Crippen LogP contribution in [-0.4, -0.2) is 55.5 Å². The molecule has 0 aliphatic carbocycles. The predicted octanol–water partition coefficient (Wildman–Crippen LogP) is 5.49. The Hall–Kier alpha value is -4.04. The second-order valence-electron chi connectivity index (χ2n) is 10.1. The van der Waals surface area contributed by atoms with Crippen molar-refractivity contribution in [2.24, 2.45) is 0 Å². The number of nitrogens with zero attached hydrogens (tertiary/aromatic N) is 3. The molecule has 0 saturated heterocycles. The molecule has 3 aromatic carbocycles. The van der Waals surface area contributed by atoms with Gasteiger partial charge in [0.15, 0.2) is 11.5 Å². The van der Waals surface area contributed by atoms with Crippen LogP contribution in [0.5, 0.6) is 23.0 Å². The second kappa shape index (κ2) is 12.9. The highest BCUT2D eigenvalue weighted by Crippen LogP contribution is 2.31. The minimum Gasteiger partial charge on any atom is -0.497 e. The quantitative estimate of drug-likeness (QED) is 0.233. The summed E-state index contributed by atoms with van der Waals surface area (Å²) in [4.78, 5) is 21.0. The Bertz CT molecular complexity index is 1500. The molecule has 212 valence electrons. The third-order valence-electron chi connectivity index (χ3n) is 7.13. The minimum absolute atomic E-state index is 0.00805. The summed E-state index contributed by atoms with van der Waals surface area (Å²) in [5, 5.41) is 0.548. The van der Waals surface area contributed by atoms with Gasteiger partial charge in [0.2, 0.25) is 0 Å². The van der Waals surface area contributed by atoms with Gasteiger partial charge >= 0.3 is 0 Å². The van der Waals surface area contributed by atoms with Crippen LogP contribution in [0.3, 0.4) is 0 Å². The third-order valence-corrected chi connectivity index (χ3v) is 7.13. The predicted molar refractivity (Wildman–Crippen MR) is 158 cm³/mol. The van der Waals surface area contributed by atoms with E-state index in [0.29, 0.717) is 53.5 Å². The van der Waals surface area contributed by atoms with Gasteiger partial charge in [-0.15, -0.1) is 0 Å². The third kappa shape index (κ3) is 6.57. The Balaban J connectivity index is 1.66. The van der Waals surface area contributed by atoms with Crippen molar-refractivity contribution in [2.45, 2.75) is 45.9 Å². The van der Waals surface area contributed by atoms with Gasteiger partial charge in [0.05, 0.1) is 38.3 Å². The molecule has 4 rings (SSSR count). The molecule has 0 fully saturated rings. The van der Waals surface area contributed by atoms with Crippen molar-refractivity contribution in [1.29, 1.82) is 0 Å². The molecular formula is C32H39N3O5. The molecule has 8 nitrogen and oxygen atoms in total. The molecule has 0 aliphatic rings. The smallest absolute Gasteiger partial charge is 0.261 e. The van der Waals surface area contributed by atoms with Gasteiger partial charge in [-0.3, -0.25) is 14.3 Å². The topological polar surface area (TPSA) is 75.1 Å². The SMILES string of the molecule is COc1ccc(Cc2nc3ccc(OC(C)C)cc3c(=O)n2CCN(C)C(C)c2ccc(OC)c(OC)c2)cc1. The molecule has 1 aromatic heterocycles. The molecule has 0 amide bonds. The lowest BCUT2D eigenvalue weighted by Gasteiger charge is -2.26. The van der Waals surface area contributed by atoms with Crippen LogP contribution in [-0.2, 0) is 13.0 Å². The van der Waals surface area contributed by atoms with Crippen molar-refractivity contribution < 1.29 is 18.9 Å². The maximum atomic E-state index is 13.9. The number of benzene rings is 3. The fraction of sp³-hybridized carbons (Fsp3) is 0.375. The van der Waals surface area contributed by atoms with E-state index in [0.717, 1.165) is 16.9 Å². The largest absolute Gasteiger partial charge is 0.497 e. The van der Waals surface area contributed by atoms with Crippen molar-refractivity contribution in [3.8, 4) is 23.0 Å². The van der Waals surface area contributed by atoms with Gasteiger partial charge in [0.25, 0.3) is 5.56 Å². The molecule has 0 saturated carbocycles. The number of aromatic nitrogens is 2. The fourth-order valence-electron chi connectivity index (χ4n) is 4.70. The van der Waals surface area contributed by atoms with Gasteiger partial charge in [0, 0.05) is 25.6 Å². The maximum Gasteiger partial charge on any atom is 0.261 e. The Kier molecular flexibility index (Phi) is 9.32. The van der Waals surface area contributed by atoms with Gasteiger partial charge in [-0.1, -0.05) is 18.2 Å². The minimum atomic E-state index is -0.0742. The number of rotatable bonds is 12. The van der Waals surface area contributed by atoms with Gasteiger partial charge < -0.3 is 18.9 Å². The normalized spacial score (nSPS) is 12.1. The summed E-state index contributed by atoms with van der Waals surface area (Å²) in [6.07, 6.45) is 0.530. The van der Waals surface area contributed by atoms with E-state index in [1.807, 2.05) is 68.4 Å². The lowest BCUT2D eigenvalue weighted by Crippen LogP contribution is -2.32. The highest BCUT2D eigenvalue weighted by Gasteiger charge is 2.18. The van der Waals surface area contributed by atoms with E-state index in [-0.39, 0.29) is 17.7 Å². The Morgan fingerprint density at radius 1 is 0.850 bits per heavy atom. The molecule has 0 spiro atoms. The molecule has 0 bridgehead atoms. The van der Waals surface area contributed by atoms with Gasteiger partial charge in [0.1, 0.15) is 17.3 Å². The van der Waals surface area contributed by atoms with Gasteiger partial charge in [-0.25, -0.2) is 4.98 Å². The number of hydrogen-bond donors (Lipinski definition) is 0. The van der Waals surface area contributed by atoms with E-state index in [2.05, 4.69) is 18.9 Å². The van der Waals surface area contributed by atoms with E-state index in [1.54, 1.807) is 32.0 Å². The lowest BCUT2D eigenvalue weighted by atomic mass is 10.1. The first-order valence-electron chi connectivity index (χ1n) is 13.5. The number of ether oxygens (including phenoxy) is 4. The van der Waals surface area contributed by atoms with Crippen LogP contribution >= 0.6 is 0 Å². The summed E-state index contributed by atoms with van der Waals surface area (Å²) < 4.78 is 23.9. The van der Waals surface area contributed by atoms with Crippen molar-refractivity contribution in [1.82, 2.24) is 14.5 Å². The number of hydrogen-bond acceptors (Lipinski definition) is 7. The summed E-state index contributed by atoms with van der Waals surface area (Å²) in [7, 11) is 6.97. The first-order chi connectivity index (χ1) is 19.2. The molecule has 4 aromatic rings. The Morgan fingerprint density at radius 2 is 1.55 bits per heavy atom. The monoisotopic (exact) mass is 545 g/mol. The van der Waals surface area contributed by atoms with Crippen LogP contribution in [0.1, 0.15) is 43.8 Å². The zero-order valence-corrected chi connectivity index (χ0v) is 24.4. The van der Waals surface area contributed by atoms with Crippen LogP contribution in [0.4, 0.5) is 0 Å². The van der Waals surface area contributed by atoms with E-state index in [4.69, 9.17) is 23.9 Å². The second-order valence-corrected chi connectivity index (χ2v) is 10.1. The first kappa shape index (κ1) is 29.0. The molecular weight excluding hydrogens is 506 g/mol. The van der Waals surface area contributed by atoms with Crippen LogP contribution in [0.2, 0.25) is 0 Å². The number of fused-ring (bicyclic) bond motifs is 1. The summed E-state index contributed by atoms with van der Waals surface area (Å²) in [6, 6.07) is 19.4. The molecule has 1 atom stereocenters. The van der Waals surface area contributed by atoms with Crippen LogP contribution in [0, 0.1) is 0 Å². The molecule has 1 heterocycles. The molecule has 0 radical (unpaired) electrons. The van der Waals surface area contributed by atoms with Crippen LogP contribution < -0.4 is 24.5 Å². The Labute approximate surface area is 236 Å². The van der Waals surface area contributed by atoms with Gasteiger partial charge in [-0.05, 0) is 81.4 Å². The zero-order chi connectivity index (χ0) is 28.8. The van der Waals surface area contributed by atoms with E-state index in [9.17, 15) is 4.79 Å². The zero-order valence-electron chi connectivity index (χ0n) is 24.4. The van der Waals surface area contributed by atoms with Crippen molar-refractivity contribution in [3.63, 3.8) is 0 Å². The number of methoxy groups -OCH3 is 3. The summed E-state index contributed by atoms with van der Waals surface area (Å²) >= 11 is 0. The number of likely N-dealkylation sites (N-methyl/N-ethyl adjacent to an activating group) is 1. The summed E-state index contributed by atoms with van der Waals surface area (Å²) in [5.41, 5.74) is 2.73. The van der Waals surface area contributed by atoms with Crippen LogP contribution in [0.15, 0.2) is 65.5 Å². The average molecular weight is 546 g/mol. The fourth-order valence-corrected chi connectivity index (χ4v) is 4.70. The standard InChI is InChI=1S/C32H39N3O5/c1-21(2)40-26-13-14-28-27(20-26)32(36)35(31(33-28)18-23-8-11-25(37-5)12-9-23)17-16-34(4)22(3)24-10-15-29(38-6)30(19-24)39-7/h8-15,19-22H,16-18H2,1-7H3. The van der Waals surface area contributed by atoms with E-state index < -0.39 is 0 Å². The molecule has 8 heteroatoms. The van der Waals surface area contributed by atoms with E-state index >= 15 is 0 Å². The first-order valence-corrected chi connectivity index (χ1v) is 13.5.